The summed E-state index contributed by atoms with van der Waals surface area (Å²) in [7, 11) is 0. The number of aryl methyl sites for hydroxylation is 3. The first-order valence-corrected chi connectivity index (χ1v) is 15.6. The summed E-state index contributed by atoms with van der Waals surface area (Å²) >= 11 is 0. The summed E-state index contributed by atoms with van der Waals surface area (Å²) in [5.41, 5.74) is 10.6. The van der Waals surface area contributed by atoms with Gasteiger partial charge in [0.05, 0.1) is 28.1 Å². The van der Waals surface area contributed by atoms with E-state index in [1.807, 2.05) is 73.7 Å². The number of fused-ring (bicyclic) bond motifs is 6. The van der Waals surface area contributed by atoms with Gasteiger partial charge in [0, 0.05) is 48.5 Å². The molecule has 4 heterocycles. The van der Waals surface area contributed by atoms with Crippen LogP contribution in [0.4, 0.5) is 0 Å². The van der Waals surface area contributed by atoms with Gasteiger partial charge < -0.3 is 14.0 Å². The second-order valence-electron chi connectivity index (χ2n) is 11.6. The van der Waals surface area contributed by atoms with Crippen molar-refractivity contribution < 1.29 is 24.5 Å². The number of aromatic nitrogens is 4. The van der Waals surface area contributed by atoms with E-state index in [1.165, 1.54) is 0 Å². The first-order chi connectivity index (χ1) is 23.1. The zero-order valence-electron chi connectivity index (χ0n) is 26.7. The first-order valence-electron chi connectivity index (χ1n) is 15.6. The molecular weight excluding hydrogens is 769 g/mol. The molecular formula is C42H30IrN4O-2. The SMILES string of the molecule is Cc1nc(C)c2c(nc(-c3[c-]ccc4c3oc3c5ccccc5ccc43)n2-c2ccccc2)c1C.[Ir].[c-]1ccccc1-c1ccccn1. The van der Waals surface area contributed by atoms with Crippen LogP contribution in [0.5, 0.6) is 0 Å². The van der Waals surface area contributed by atoms with Crippen molar-refractivity contribution in [3.8, 4) is 28.3 Å². The van der Waals surface area contributed by atoms with Crippen molar-refractivity contribution in [2.75, 3.05) is 0 Å². The van der Waals surface area contributed by atoms with Gasteiger partial charge in [0.25, 0.3) is 0 Å². The fourth-order valence-corrected chi connectivity index (χ4v) is 6.28. The van der Waals surface area contributed by atoms with Crippen molar-refractivity contribution in [1.29, 1.82) is 0 Å². The van der Waals surface area contributed by atoms with E-state index in [9.17, 15) is 0 Å². The minimum absolute atomic E-state index is 0. The fraction of sp³-hybridized carbons (Fsp3) is 0.0714. The van der Waals surface area contributed by atoms with Crippen molar-refractivity contribution in [3.63, 3.8) is 0 Å². The van der Waals surface area contributed by atoms with Crippen LogP contribution < -0.4 is 0 Å². The Kier molecular flexibility index (Phi) is 8.45. The Labute approximate surface area is 292 Å². The van der Waals surface area contributed by atoms with Crippen molar-refractivity contribution in [2.24, 2.45) is 0 Å². The van der Waals surface area contributed by atoms with Crippen LogP contribution in [0.2, 0.25) is 0 Å². The third-order valence-corrected chi connectivity index (χ3v) is 8.66. The molecule has 0 aliphatic heterocycles. The zero-order chi connectivity index (χ0) is 31.9. The summed E-state index contributed by atoms with van der Waals surface area (Å²) in [6.45, 7) is 6.19. The molecule has 5 nitrogen and oxygen atoms in total. The van der Waals surface area contributed by atoms with E-state index in [-0.39, 0.29) is 20.1 Å². The van der Waals surface area contributed by atoms with Crippen LogP contribution in [-0.4, -0.2) is 19.5 Å². The topological polar surface area (TPSA) is 56.7 Å². The number of imidazole rings is 1. The number of furan rings is 1. The van der Waals surface area contributed by atoms with Gasteiger partial charge in [-0.2, -0.15) is 0 Å². The normalized spacial score (nSPS) is 11.1. The molecule has 1 radical (unpaired) electrons. The molecule has 0 amide bonds. The minimum atomic E-state index is 0. The average molecular weight is 799 g/mol. The quantitative estimate of drug-likeness (QED) is 0.167. The summed E-state index contributed by atoms with van der Waals surface area (Å²) in [4.78, 5) is 14.2. The van der Waals surface area contributed by atoms with Gasteiger partial charge in [-0.3, -0.25) is 9.97 Å². The summed E-state index contributed by atoms with van der Waals surface area (Å²) in [6, 6.07) is 47.3. The van der Waals surface area contributed by atoms with Gasteiger partial charge in [0.15, 0.2) is 0 Å². The number of pyridine rings is 2. The fourth-order valence-electron chi connectivity index (χ4n) is 6.28. The maximum atomic E-state index is 6.62. The van der Waals surface area contributed by atoms with E-state index in [0.717, 1.165) is 89.0 Å². The molecule has 48 heavy (non-hydrogen) atoms. The molecule has 0 N–H and O–H groups in total. The zero-order valence-corrected chi connectivity index (χ0v) is 29.0. The van der Waals surface area contributed by atoms with Crippen LogP contribution in [0.15, 0.2) is 132 Å². The predicted molar refractivity (Wildman–Crippen MR) is 191 cm³/mol. The molecule has 0 saturated carbocycles. The Morgan fingerprint density at radius 1 is 0.625 bits per heavy atom. The van der Waals surface area contributed by atoms with E-state index in [0.29, 0.717) is 0 Å². The number of benzene rings is 5. The van der Waals surface area contributed by atoms with Crippen LogP contribution in [0.25, 0.3) is 72.1 Å². The smallest absolute Gasteiger partial charge is 0.128 e. The van der Waals surface area contributed by atoms with Crippen LogP contribution in [0.1, 0.15) is 17.0 Å². The number of para-hydroxylation sites is 1. The molecule has 0 spiro atoms. The molecule has 4 aromatic heterocycles. The van der Waals surface area contributed by atoms with Crippen molar-refractivity contribution in [1.82, 2.24) is 19.5 Å². The summed E-state index contributed by atoms with van der Waals surface area (Å²) < 4.78 is 8.82. The molecule has 0 fully saturated rings. The molecule has 6 heteroatoms. The molecule has 9 rings (SSSR count). The Bertz CT molecular complexity index is 2500. The van der Waals surface area contributed by atoms with Crippen LogP contribution in [0.3, 0.4) is 0 Å². The van der Waals surface area contributed by atoms with E-state index >= 15 is 0 Å². The molecule has 0 saturated heterocycles. The summed E-state index contributed by atoms with van der Waals surface area (Å²) in [5, 5.41) is 4.43. The Balaban J connectivity index is 0.000000237. The van der Waals surface area contributed by atoms with Gasteiger partial charge in [-0.25, -0.2) is 0 Å². The van der Waals surface area contributed by atoms with Crippen molar-refractivity contribution >= 4 is 43.7 Å². The Morgan fingerprint density at radius 3 is 2.19 bits per heavy atom. The van der Waals surface area contributed by atoms with Gasteiger partial charge in [-0.05, 0) is 55.6 Å². The second-order valence-corrected chi connectivity index (χ2v) is 11.6. The third kappa shape index (κ3) is 5.39. The minimum Gasteiger partial charge on any atom is -0.500 e. The number of hydrogen-bond acceptors (Lipinski definition) is 4. The van der Waals surface area contributed by atoms with Crippen LogP contribution in [-0.2, 0) is 20.1 Å². The van der Waals surface area contributed by atoms with E-state index < -0.39 is 0 Å². The van der Waals surface area contributed by atoms with E-state index in [2.05, 4.69) is 90.1 Å². The third-order valence-electron chi connectivity index (χ3n) is 8.66. The second kappa shape index (κ2) is 13.0. The summed E-state index contributed by atoms with van der Waals surface area (Å²) in [6.07, 6.45) is 1.79. The number of nitrogens with zero attached hydrogens (tertiary/aromatic N) is 4. The van der Waals surface area contributed by atoms with Gasteiger partial charge >= 0.3 is 0 Å². The average Bonchev–Trinajstić information content (AvgIpc) is 3.72. The molecule has 0 aliphatic rings. The molecule has 9 aromatic rings. The number of rotatable bonds is 3. The van der Waals surface area contributed by atoms with Crippen LogP contribution >= 0.6 is 0 Å². The van der Waals surface area contributed by atoms with Gasteiger partial charge in [-0.1, -0.05) is 77.7 Å². The summed E-state index contributed by atoms with van der Waals surface area (Å²) in [5.74, 6) is 0.804. The molecule has 5 aromatic carbocycles. The monoisotopic (exact) mass is 799 g/mol. The molecule has 0 bridgehead atoms. The predicted octanol–water partition coefficient (Wildman–Crippen LogP) is 10.4. The van der Waals surface area contributed by atoms with Crippen molar-refractivity contribution in [3.05, 3.63) is 157 Å². The molecule has 0 aliphatic carbocycles. The molecule has 0 atom stereocenters. The van der Waals surface area contributed by atoms with Gasteiger partial charge in [-0.15, -0.1) is 54.1 Å². The van der Waals surface area contributed by atoms with Crippen LogP contribution in [0, 0.1) is 32.9 Å². The maximum absolute atomic E-state index is 6.62. The maximum Gasteiger partial charge on any atom is 0.128 e. The molecule has 235 valence electrons. The first kappa shape index (κ1) is 31.2. The van der Waals surface area contributed by atoms with Crippen molar-refractivity contribution in [2.45, 2.75) is 20.8 Å². The largest absolute Gasteiger partial charge is 0.500 e. The standard InChI is InChI=1S/C31H22N3O.C11H8N.Ir/c1-18-19(2)32-20(3)28-27(18)33-31(34(28)22-11-5-4-6-12-22)26-15-9-14-24-25-17-16-21-10-7-8-13-23(21)29(25)35-30(24)26;1-2-6-10(7-3-1)11-8-4-5-9-12-11;/h4-14,16-17H,1-3H3;1-6,8-9H;/q2*-1;. The van der Waals surface area contributed by atoms with Gasteiger partial charge in [0.1, 0.15) is 5.58 Å². The number of hydrogen-bond donors (Lipinski definition) is 0. The van der Waals surface area contributed by atoms with E-state index in [1.54, 1.807) is 6.20 Å². The molecule has 0 unspecified atom stereocenters. The van der Waals surface area contributed by atoms with Gasteiger partial charge in [0.2, 0.25) is 0 Å². The Hall–Kier alpha value is -5.42. The Morgan fingerprint density at radius 2 is 1.40 bits per heavy atom. The van der Waals surface area contributed by atoms with E-state index in [4.69, 9.17) is 14.4 Å².